The zero-order chi connectivity index (χ0) is 17.6. The van der Waals surface area contributed by atoms with Gasteiger partial charge in [0.2, 0.25) is 0 Å². The van der Waals surface area contributed by atoms with E-state index in [1.165, 1.54) is 0 Å². The average molecular weight is 335 g/mol. The summed E-state index contributed by atoms with van der Waals surface area (Å²) in [7, 11) is 1.58. The van der Waals surface area contributed by atoms with E-state index in [9.17, 15) is 9.90 Å². The summed E-state index contributed by atoms with van der Waals surface area (Å²) < 4.78 is 5.09. The van der Waals surface area contributed by atoms with Crippen LogP contribution in [0.2, 0.25) is 0 Å². The molecule has 0 aliphatic heterocycles. The number of carbonyl (C=O) groups is 1. The van der Waals surface area contributed by atoms with Crippen molar-refractivity contribution in [1.82, 2.24) is 4.98 Å². The molecule has 0 aliphatic rings. The van der Waals surface area contributed by atoms with Crippen LogP contribution < -0.4 is 15.4 Å². The number of hydrogen-bond acceptors (Lipinski definition) is 5. The normalized spacial score (nSPS) is 10.1. The molecule has 3 rings (SSSR count). The van der Waals surface area contributed by atoms with Gasteiger partial charge in [0.15, 0.2) is 5.82 Å². The number of methoxy groups -OCH3 is 1. The van der Waals surface area contributed by atoms with E-state index in [4.69, 9.17) is 4.74 Å². The van der Waals surface area contributed by atoms with Gasteiger partial charge in [0.25, 0.3) is 5.91 Å². The van der Waals surface area contributed by atoms with Gasteiger partial charge in [0.1, 0.15) is 11.5 Å². The molecule has 1 heterocycles. The molecule has 0 bridgehead atoms. The molecule has 126 valence electrons. The van der Waals surface area contributed by atoms with Gasteiger partial charge in [0, 0.05) is 17.4 Å². The van der Waals surface area contributed by atoms with E-state index in [0.29, 0.717) is 22.8 Å². The lowest BCUT2D eigenvalue weighted by molar-refractivity contribution is 0.102. The van der Waals surface area contributed by atoms with Crippen molar-refractivity contribution in [3.8, 4) is 11.5 Å². The number of aromatic hydroxyl groups is 1. The fourth-order valence-corrected chi connectivity index (χ4v) is 2.22. The standard InChI is InChI=1S/C19H17N3O3/c1-25-16-10-4-13(5-11-16)19(24)22-17-3-2-12-20-18(17)21-14-6-8-15(23)9-7-14/h2-12,23H,1H3,(H,20,21)(H,22,24). The van der Waals surface area contributed by atoms with Crippen LogP contribution in [-0.2, 0) is 0 Å². The number of anilines is 3. The molecule has 0 radical (unpaired) electrons. The number of rotatable bonds is 5. The molecular formula is C19H17N3O3. The highest BCUT2D eigenvalue weighted by Gasteiger charge is 2.10. The van der Waals surface area contributed by atoms with Crippen LogP contribution >= 0.6 is 0 Å². The number of nitrogens with one attached hydrogen (secondary N) is 2. The minimum atomic E-state index is -0.246. The number of hydrogen-bond donors (Lipinski definition) is 3. The number of benzene rings is 2. The molecule has 2 aromatic carbocycles. The Morgan fingerprint density at radius 1 is 1.04 bits per heavy atom. The summed E-state index contributed by atoms with van der Waals surface area (Å²) in [5, 5.41) is 15.3. The van der Waals surface area contributed by atoms with Gasteiger partial charge in [-0.1, -0.05) is 0 Å². The minimum absolute atomic E-state index is 0.180. The highest BCUT2D eigenvalue weighted by atomic mass is 16.5. The number of phenolic OH excluding ortho intramolecular Hbond substituents is 1. The molecule has 25 heavy (non-hydrogen) atoms. The summed E-state index contributed by atoms with van der Waals surface area (Å²) >= 11 is 0. The highest BCUT2D eigenvalue weighted by molar-refractivity contribution is 6.05. The first-order valence-corrected chi connectivity index (χ1v) is 7.62. The van der Waals surface area contributed by atoms with Crippen LogP contribution in [0.1, 0.15) is 10.4 Å². The molecule has 0 fully saturated rings. The number of nitrogens with zero attached hydrogens (tertiary/aromatic N) is 1. The van der Waals surface area contributed by atoms with Crippen molar-refractivity contribution in [2.24, 2.45) is 0 Å². The van der Waals surface area contributed by atoms with E-state index in [2.05, 4.69) is 15.6 Å². The van der Waals surface area contributed by atoms with Gasteiger partial charge in [-0.05, 0) is 60.7 Å². The lowest BCUT2D eigenvalue weighted by atomic mass is 10.2. The molecule has 0 saturated carbocycles. The van der Waals surface area contributed by atoms with Crippen molar-refractivity contribution in [3.63, 3.8) is 0 Å². The fraction of sp³-hybridized carbons (Fsp3) is 0.0526. The fourth-order valence-electron chi connectivity index (χ4n) is 2.22. The molecule has 3 aromatic rings. The van der Waals surface area contributed by atoms with Crippen LogP contribution in [0, 0.1) is 0 Å². The van der Waals surface area contributed by atoms with Crippen molar-refractivity contribution >= 4 is 23.1 Å². The molecule has 1 aromatic heterocycles. The summed E-state index contributed by atoms with van der Waals surface area (Å²) in [5.74, 6) is 1.13. The molecular weight excluding hydrogens is 318 g/mol. The Bertz CT molecular complexity index is 862. The molecule has 6 heteroatoms. The third-order valence-electron chi connectivity index (χ3n) is 3.54. The molecule has 3 N–H and O–H groups in total. The Morgan fingerprint density at radius 2 is 1.76 bits per heavy atom. The SMILES string of the molecule is COc1ccc(C(=O)Nc2cccnc2Nc2ccc(O)cc2)cc1. The summed E-state index contributed by atoms with van der Waals surface area (Å²) in [6.07, 6.45) is 1.63. The van der Waals surface area contributed by atoms with Crippen molar-refractivity contribution in [3.05, 3.63) is 72.4 Å². The Morgan fingerprint density at radius 3 is 2.44 bits per heavy atom. The van der Waals surface area contributed by atoms with Gasteiger partial charge in [-0.3, -0.25) is 4.79 Å². The Labute approximate surface area is 145 Å². The Kier molecular flexibility index (Phi) is 4.80. The second kappa shape index (κ2) is 7.35. The van der Waals surface area contributed by atoms with E-state index in [0.717, 1.165) is 5.69 Å². The number of carbonyl (C=O) groups excluding carboxylic acids is 1. The third kappa shape index (κ3) is 4.06. The summed E-state index contributed by atoms with van der Waals surface area (Å²) in [5.41, 5.74) is 1.81. The predicted octanol–water partition coefficient (Wildman–Crippen LogP) is 3.79. The van der Waals surface area contributed by atoms with Gasteiger partial charge in [-0.25, -0.2) is 4.98 Å². The zero-order valence-corrected chi connectivity index (χ0v) is 13.6. The van der Waals surface area contributed by atoms with Crippen LogP contribution in [0.25, 0.3) is 0 Å². The van der Waals surface area contributed by atoms with Crippen molar-refractivity contribution < 1.29 is 14.6 Å². The van der Waals surface area contributed by atoms with Crippen LogP contribution in [-0.4, -0.2) is 23.1 Å². The van der Waals surface area contributed by atoms with E-state index >= 15 is 0 Å². The molecule has 0 unspecified atom stereocenters. The second-order valence-electron chi connectivity index (χ2n) is 5.25. The van der Waals surface area contributed by atoms with Crippen molar-refractivity contribution in [2.45, 2.75) is 0 Å². The number of pyridine rings is 1. The molecule has 6 nitrogen and oxygen atoms in total. The number of aromatic nitrogens is 1. The first-order valence-electron chi connectivity index (χ1n) is 7.62. The average Bonchev–Trinajstić information content (AvgIpc) is 2.65. The maximum atomic E-state index is 12.4. The van der Waals surface area contributed by atoms with Gasteiger partial charge >= 0.3 is 0 Å². The maximum absolute atomic E-state index is 12.4. The first-order chi connectivity index (χ1) is 12.2. The van der Waals surface area contributed by atoms with E-state index in [1.54, 1.807) is 74.0 Å². The largest absolute Gasteiger partial charge is 0.508 e. The Hall–Kier alpha value is -3.54. The van der Waals surface area contributed by atoms with E-state index < -0.39 is 0 Å². The summed E-state index contributed by atoms with van der Waals surface area (Å²) in [6.45, 7) is 0. The third-order valence-corrected chi connectivity index (χ3v) is 3.54. The second-order valence-corrected chi connectivity index (χ2v) is 5.25. The van der Waals surface area contributed by atoms with Crippen LogP contribution in [0.15, 0.2) is 66.9 Å². The molecule has 1 amide bonds. The van der Waals surface area contributed by atoms with Crippen LogP contribution in [0.3, 0.4) is 0 Å². The zero-order valence-electron chi connectivity index (χ0n) is 13.6. The number of ether oxygens (including phenoxy) is 1. The Balaban J connectivity index is 1.77. The highest BCUT2D eigenvalue weighted by Crippen LogP contribution is 2.24. The van der Waals surface area contributed by atoms with Gasteiger partial charge < -0.3 is 20.5 Å². The van der Waals surface area contributed by atoms with E-state index in [-0.39, 0.29) is 11.7 Å². The van der Waals surface area contributed by atoms with Gasteiger partial charge in [0.05, 0.1) is 12.8 Å². The van der Waals surface area contributed by atoms with Crippen LogP contribution in [0.5, 0.6) is 11.5 Å². The summed E-state index contributed by atoms with van der Waals surface area (Å²) in [4.78, 5) is 16.7. The van der Waals surface area contributed by atoms with Crippen molar-refractivity contribution in [1.29, 1.82) is 0 Å². The van der Waals surface area contributed by atoms with E-state index in [1.807, 2.05) is 0 Å². The molecule has 0 spiro atoms. The molecule has 0 atom stereocenters. The first kappa shape index (κ1) is 16.3. The maximum Gasteiger partial charge on any atom is 0.255 e. The summed E-state index contributed by atoms with van der Waals surface area (Å²) in [6, 6.07) is 16.9. The topological polar surface area (TPSA) is 83.5 Å². The van der Waals surface area contributed by atoms with Crippen molar-refractivity contribution in [2.75, 3.05) is 17.7 Å². The molecule has 0 saturated heterocycles. The lowest BCUT2D eigenvalue weighted by Gasteiger charge is -2.12. The monoisotopic (exact) mass is 335 g/mol. The smallest absolute Gasteiger partial charge is 0.255 e. The number of amides is 1. The minimum Gasteiger partial charge on any atom is -0.508 e. The molecule has 0 aliphatic carbocycles. The van der Waals surface area contributed by atoms with Crippen LogP contribution in [0.4, 0.5) is 17.2 Å². The number of phenols is 1. The van der Waals surface area contributed by atoms with Gasteiger partial charge in [-0.15, -0.1) is 0 Å². The quantitative estimate of drug-likeness (QED) is 0.618. The lowest BCUT2D eigenvalue weighted by Crippen LogP contribution is -2.13. The van der Waals surface area contributed by atoms with Gasteiger partial charge in [-0.2, -0.15) is 0 Å². The predicted molar refractivity (Wildman–Crippen MR) is 96.6 cm³/mol.